The zero-order valence-corrected chi connectivity index (χ0v) is 8.91. The quantitative estimate of drug-likeness (QED) is 0.726. The Bertz CT molecular complexity index is 359. The molecule has 0 N–H and O–H groups in total. The van der Waals surface area contributed by atoms with E-state index in [4.69, 9.17) is 9.47 Å². The van der Waals surface area contributed by atoms with E-state index in [2.05, 4.69) is 0 Å². The number of hydrogen-bond donors (Lipinski definition) is 0. The van der Waals surface area contributed by atoms with Gasteiger partial charge in [-0.1, -0.05) is 30.3 Å². The lowest BCUT2D eigenvalue weighted by molar-refractivity contribution is -0.117. The lowest BCUT2D eigenvalue weighted by Gasteiger charge is -2.22. The summed E-state index contributed by atoms with van der Waals surface area (Å²) in [6.07, 6.45) is 4.37. The van der Waals surface area contributed by atoms with Crippen LogP contribution in [-0.2, 0) is 20.9 Å². The molecule has 0 saturated carbocycles. The van der Waals surface area contributed by atoms with Crippen molar-refractivity contribution in [2.24, 2.45) is 0 Å². The highest BCUT2D eigenvalue weighted by Gasteiger charge is 2.18. The lowest BCUT2D eigenvalue weighted by Crippen LogP contribution is -2.25. The van der Waals surface area contributed by atoms with Gasteiger partial charge in [0.15, 0.2) is 12.4 Å². The van der Waals surface area contributed by atoms with E-state index < -0.39 is 0 Å². The van der Waals surface area contributed by atoms with E-state index in [1.54, 1.807) is 0 Å². The minimum absolute atomic E-state index is 0.0378. The number of benzene rings is 1. The normalized spacial score (nSPS) is 23.8. The maximum absolute atomic E-state index is 10.6. The molecular formula is C13H14O3. The standard InChI is InChI=1S/C13H14O3/c14-9-13-8-12(6-7-15-13)16-10-11-4-2-1-3-5-11/h1-7,9,12-13H,8,10H2. The van der Waals surface area contributed by atoms with Crippen LogP contribution in [-0.4, -0.2) is 18.5 Å². The largest absolute Gasteiger partial charge is 0.491 e. The molecular weight excluding hydrogens is 204 g/mol. The van der Waals surface area contributed by atoms with Crippen LogP contribution < -0.4 is 0 Å². The summed E-state index contributed by atoms with van der Waals surface area (Å²) in [4.78, 5) is 10.6. The molecule has 3 heteroatoms. The van der Waals surface area contributed by atoms with Crippen molar-refractivity contribution in [2.45, 2.75) is 25.2 Å². The van der Waals surface area contributed by atoms with Gasteiger partial charge in [0.1, 0.15) is 0 Å². The molecule has 0 fully saturated rings. The van der Waals surface area contributed by atoms with E-state index in [0.29, 0.717) is 13.0 Å². The molecule has 0 bridgehead atoms. The third-order valence-corrected chi connectivity index (χ3v) is 2.47. The van der Waals surface area contributed by atoms with Crippen molar-refractivity contribution in [3.8, 4) is 0 Å². The maximum Gasteiger partial charge on any atom is 0.160 e. The van der Waals surface area contributed by atoms with E-state index >= 15 is 0 Å². The number of rotatable bonds is 4. The summed E-state index contributed by atoms with van der Waals surface area (Å²) in [5, 5.41) is 0. The van der Waals surface area contributed by atoms with Crippen LogP contribution in [0.3, 0.4) is 0 Å². The molecule has 2 unspecified atom stereocenters. The first-order valence-corrected chi connectivity index (χ1v) is 5.31. The van der Waals surface area contributed by atoms with Gasteiger partial charge in [0.2, 0.25) is 0 Å². The molecule has 3 nitrogen and oxygen atoms in total. The Morgan fingerprint density at radius 2 is 2.19 bits per heavy atom. The van der Waals surface area contributed by atoms with Crippen molar-refractivity contribution in [2.75, 3.05) is 0 Å². The summed E-state index contributed by atoms with van der Waals surface area (Å²) >= 11 is 0. The zero-order chi connectivity index (χ0) is 11.2. The van der Waals surface area contributed by atoms with Crippen molar-refractivity contribution >= 4 is 6.29 Å². The van der Waals surface area contributed by atoms with Gasteiger partial charge in [-0.2, -0.15) is 0 Å². The van der Waals surface area contributed by atoms with Gasteiger partial charge in [-0.25, -0.2) is 0 Å². The van der Waals surface area contributed by atoms with Crippen LogP contribution in [0.5, 0.6) is 0 Å². The summed E-state index contributed by atoms with van der Waals surface area (Å²) in [5.74, 6) is 0. The van der Waals surface area contributed by atoms with Gasteiger partial charge in [0, 0.05) is 6.42 Å². The Hall–Kier alpha value is -1.61. The molecule has 0 saturated heterocycles. The molecule has 0 spiro atoms. The topological polar surface area (TPSA) is 35.5 Å². The molecule has 1 aliphatic rings. The van der Waals surface area contributed by atoms with Crippen molar-refractivity contribution in [1.82, 2.24) is 0 Å². The SMILES string of the molecule is O=CC1CC(OCc2ccccc2)C=CO1. The summed E-state index contributed by atoms with van der Waals surface area (Å²) in [7, 11) is 0. The molecule has 2 atom stereocenters. The van der Waals surface area contributed by atoms with Crippen LogP contribution in [0.25, 0.3) is 0 Å². The molecule has 0 aliphatic carbocycles. The number of ether oxygens (including phenoxy) is 2. The highest BCUT2D eigenvalue weighted by atomic mass is 16.5. The average molecular weight is 218 g/mol. The molecule has 0 radical (unpaired) electrons. The Morgan fingerprint density at radius 3 is 2.94 bits per heavy atom. The van der Waals surface area contributed by atoms with Crippen molar-refractivity contribution in [3.63, 3.8) is 0 Å². The van der Waals surface area contributed by atoms with Crippen LogP contribution in [0.2, 0.25) is 0 Å². The average Bonchev–Trinajstić information content (AvgIpc) is 2.38. The Labute approximate surface area is 94.7 Å². The van der Waals surface area contributed by atoms with E-state index in [1.165, 1.54) is 6.26 Å². The first-order chi connectivity index (χ1) is 7.88. The fraction of sp³-hybridized carbons (Fsp3) is 0.308. The number of carbonyl (C=O) groups excluding carboxylic acids is 1. The van der Waals surface area contributed by atoms with Crippen molar-refractivity contribution in [1.29, 1.82) is 0 Å². The molecule has 0 amide bonds. The molecule has 1 aliphatic heterocycles. The predicted octanol–water partition coefficient (Wildman–Crippen LogP) is 2.07. The van der Waals surface area contributed by atoms with Gasteiger partial charge in [-0.3, -0.25) is 4.79 Å². The molecule has 1 heterocycles. The second-order valence-corrected chi connectivity index (χ2v) is 3.71. The van der Waals surface area contributed by atoms with E-state index in [9.17, 15) is 4.79 Å². The summed E-state index contributed by atoms with van der Waals surface area (Å²) < 4.78 is 10.8. The first kappa shape index (κ1) is 10.9. The van der Waals surface area contributed by atoms with Crippen LogP contribution in [0.15, 0.2) is 42.7 Å². The summed E-state index contributed by atoms with van der Waals surface area (Å²) in [6, 6.07) is 9.96. The van der Waals surface area contributed by atoms with Crippen molar-refractivity contribution < 1.29 is 14.3 Å². The van der Waals surface area contributed by atoms with Crippen LogP contribution in [0, 0.1) is 0 Å². The number of carbonyl (C=O) groups is 1. The van der Waals surface area contributed by atoms with Crippen LogP contribution in [0.1, 0.15) is 12.0 Å². The fourth-order valence-corrected chi connectivity index (χ4v) is 1.59. The molecule has 1 aromatic carbocycles. The molecule has 0 aromatic heterocycles. The minimum Gasteiger partial charge on any atom is -0.491 e. The minimum atomic E-state index is -0.370. The Balaban J connectivity index is 1.84. The second-order valence-electron chi connectivity index (χ2n) is 3.71. The first-order valence-electron chi connectivity index (χ1n) is 5.31. The number of aldehydes is 1. The monoisotopic (exact) mass is 218 g/mol. The van der Waals surface area contributed by atoms with Gasteiger partial charge >= 0.3 is 0 Å². The van der Waals surface area contributed by atoms with Crippen LogP contribution in [0.4, 0.5) is 0 Å². The van der Waals surface area contributed by atoms with Crippen molar-refractivity contribution in [3.05, 3.63) is 48.2 Å². The van der Waals surface area contributed by atoms with Gasteiger partial charge in [0.25, 0.3) is 0 Å². The molecule has 2 rings (SSSR count). The molecule has 16 heavy (non-hydrogen) atoms. The third-order valence-electron chi connectivity index (χ3n) is 2.47. The van der Waals surface area contributed by atoms with E-state index in [-0.39, 0.29) is 12.2 Å². The smallest absolute Gasteiger partial charge is 0.160 e. The van der Waals surface area contributed by atoms with Crippen LogP contribution >= 0.6 is 0 Å². The summed E-state index contributed by atoms with van der Waals surface area (Å²) in [5.41, 5.74) is 1.13. The Morgan fingerprint density at radius 1 is 1.38 bits per heavy atom. The van der Waals surface area contributed by atoms with Gasteiger partial charge in [-0.15, -0.1) is 0 Å². The lowest BCUT2D eigenvalue weighted by atomic mass is 10.1. The second kappa shape index (κ2) is 5.47. The predicted molar refractivity (Wildman–Crippen MR) is 59.7 cm³/mol. The van der Waals surface area contributed by atoms with Gasteiger partial charge < -0.3 is 9.47 Å². The number of hydrogen-bond acceptors (Lipinski definition) is 3. The summed E-state index contributed by atoms with van der Waals surface area (Å²) in [6.45, 7) is 0.557. The van der Waals surface area contributed by atoms with Gasteiger partial charge in [-0.05, 0) is 11.6 Å². The van der Waals surface area contributed by atoms with E-state index in [0.717, 1.165) is 11.8 Å². The highest BCUT2D eigenvalue weighted by molar-refractivity contribution is 5.56. The van der Waals surface area contributed by atoms with Gasteiger partial charge in [0.05, 0.1) is 19.0 Å². The highest BCUT2D eigenvalue weighted by Crippen LogP contribution is 2.14. The Kier molecular flexibility index (Phi) is 3.72. The third kappa shape index (κ3) is 2.94. The molecule has 1 aromatic rings. The molecule has 84 valence electrons. The fourth-order valence-electron chi connectivity index (χ4n) is 1.59. The zero-order valence-electron chi connectivity index (χ0n) is 8.91. The van der Waals surface area contributed by atoms with E-state index in [1.807, 2.05) is 36.4 Å². The maximum atomic E-state index is 10.6.